The summed E-state index contributed by atoms with van der Waals surface area (Å²) in [5.74, 6) is 0.918. The lowest BCUT2D eigenvalue weighted by Gasteiger charge is -2.26. The first-order chi connectivity index (χ1) is 3.79. The Labute approximate surface area is 53.7 Å². The molecule has 1 saturated heterocycles. The van der Waals surface area contributed by atoms with Crippen LogP contribution in [0.3, 0.4) is 0 Å². The second-order valence-electron chi connectivity index (χ2n) is 2.74. The molecule has 0 aliphatic carbocycles. The summed E-state index contributed by atoms with van der Waals surface area (Å²) >= 11 is 0. The highest BCUT2D eigenvalue weighted by molar-refractivity contribution is 7.13. The van der Waals surface area contributed by atoms with Crippen LogP contribution < -0.4 is 0 Å². The second-order valence-corrected chi connectivity index (χ2v) is 3.47. The molecular formula is C6H14NP. The van der Waals surface area contributed by atoms with Crippen molar-refractivity contribution in [2.24, 2.45) is 5.92 Å². The minimum Gasteiger partial charge on any atom is -0.287 e. The summed E-state index contributed by atoms with van der Waals surface area (Å²) in [5, 5.41) is 0. The molecule has 2 heteroatoms. The van der Waals surface area contributed by atoms with Crippen molar-refractivity contribution in [1.82, 2.24) is 4.67 Å². The highest BCUT2D eigenvalue weighted by atomic mass is 31.0. The molecule has 1 rings (SSSR count). The van der Waals surface area contributed by atoms with Gasteiger partial charge in [0.2, 0.25) is 0 Å². The van der Waals surface area contributed by atoms with Gasteiger partial charge in [-0.05, 0) is 18.8 Å². The van der Waals surface area contributed by atoms with E-state index in [9.17, 15) is 0 Å². The van der Waals surface area contributed by atoms with Gasteiger partial charge in [0.05, 0.1) is 0 Å². The van der Waals surface area contributed by atoms with Crippen LogP contribution in [0.5, 0.6) is 0 Å². The third kappa shape index (κ3) is 1.72. The van der Waals surface area contributed by atoms with E-state index >= 15 is 0 Å². The molecule has 1 heterocycles. The van der Waals surface area contributed by atoms with E-state index in [2.05, 4.69) is 21.0 Å². The molecule has 1 unspecified atom stereocenters. The second kappa shape index (κ2) is 2.80. The van der Waals surface area contributed by atoms with Gasteiger partial charge in [0.1, 0.15) is 0 Å². The fourth-order valence-electron chi connectivity index (χ4n) is 1.23. The molecule has 0 aromatic carbocycles. The topological polar surface area (TPSA) is 3.24 Å². The smallest absolute Gasteiger partial charge is 0.00419 e. The largest absolute Gasteiger partial charge is 0.287 e. The summed E-state index contributed by atoms with van der Waals surface area (Å²) in [6.07, 6.45) is 2.80. The van der Waals surface area contributed by atoms with Gasteiger partial charge in [-0.25, -0.2) is 0 Å². The van der Waals surface area contributed by atoms with E-state index < -0.39 is 0 Å². The van der Waals surface area contributed by atoms with Gasteiger partial charge >= 0.3 is 0 Å². The molecule has 0 aromatic heterocycles. The van der Waals surface area contributed by atoms with Crippen molar-refractivity contribution < 1.29 is 0 Å². The van der Waals surface area contributed by atoms with Crippen molar-refractivity contribution in [3.05, 3.63) is 0 Å². The Kier molecular flexibility index (Phi) is 2.27. The average Bonchev–Trinajstić information content (AvgIpc) is 1.64. The van der Waals surface area contributed by atoms with Crippen LogP contribution in [0.4, 0.5) is 0 Å². The fraction of sp³-hybridized carbons (Fsp3) is 1.00. The van der Waals surface area contributed by atoms with Gasteiger partial charge < -0.3 is 0 Å². The minimum absolute atomic E-state index is 0.918. The molecule has 0 bridgehead atoms. The molecule has 0 radical (unpaired) electrons. The number of hydrogen-bond acceptors (Lipinski definition) is 1. The molecule has 8 heavy (non-hydrogen) atoms. The van der Waals surface area contributed by atoms with E-state index in [0.29, 0.717) is 0 Å². The number of rotatable bonds is 0. The van der Waals surface area contributed by atoms with Crippen LogP contribution in [0.15, 0.2) is 0 Å². The van der Waals surface area contributed by atoms with E-state index in [-0.39, 0.29) is 0 Å². The van der Waals surface area contributed by atoms with Gasteiger partial charge in [-0.15, -0.1) is 0 Å². The molecule has 1 fully saturated rings. The highest BCUT2D eigenvalue weighted by Crippen LogP contribution is 2.17. The van der Waals surface area contributed by atoms with Crippen LogP contribution in [0, 0.1) is 5.92 Å². The van der Waals surface area contributed by atoms with Crippen LogP contribution in [0.1, 0.15) is 19.8 Å². The molecule has 0 amide bonds. The molecule has 1 nitrogen and oxygen atoms in total. The maximum absolute atomic E-state index is 2.76. The normalized spacial score (nSPS) is 33.0. The van der Waals surface area contributed by atoms with Crippen LogP contribution in [0.2, 0.25) is 0 Å². The predicted molar refractivity (Wildman–Crippen MR) is 39.7 cm³/mol. The van der Waals surface area contributed by atoms with Crippen LogP contribution in [0.25, 0.3) is 0 Å². The summed E-state index contributed by atoms with van der Waals surface area (Å²) in [6.45, 7) is 4.86. The summed E-state index contributed by atoms with van der Waals surface area (Å²) in [4.78, 5) is 0. The van der Waals surface area contributed by atoms with Crippen LogP contribution in [-0.2, 0) is 0 Å². The van der Waals surface area contributed by atoms with Gasteiger partial charge in [-0.3, -0.25) is 4.67 Å². The van der Waals surface area contributed by atoms with Crippen molar-refractivity contribution in [1.29, 1.82) is 0 Å². The van der Waals surface area contributed by atoms with Gasteiger partial charge in [0, 0.05) is 13.1 Å². The van der Waals surface area contributed by atoms with Crippen LogP contribution in [-0.4, -0.2) is 17.8 Å². The van der Waals surface area contributed by atoms with E-state index in [0.717, 1.165) is 5.92 Å². The zero-order valence-corrected chi connectivity index (χ0v) is 6.59. The molecule has 2 atom stereocenters. The average molecular weight is 131 g/mol. The maximum atomic E-state index is 2.76. The van der Waals surface area contributed by atoms with Gasteiger partial charge in [0.15, 0.2) is 0 Å². The van der Waals surface area contributed by atoms with Crippen molar-refractivity contribution in [3.63, 3.8) is 0 Å². The summed E-state index contributed by atoms with van der Waals surface area (Å²) in [6, 6.07) is 0. The van der Waals surface area contributed by atoms with Crippen LogP contribution >= 0.6 is 9.39 Å². The number of hydrogen-bond donors (Lipinski definition) is 0. The quantitative estimate of drug-likeness (QED) is 0.450. The predicted octanol–water partition coefficient (Wildman–Crippen LogP) is 1.51. The SMILES string of the molecule is C[C@H]1CCCN(P)C1. The Balaban J connectivity index is 2.23. The van der Waals surface area contributed by atoms with E-state index in [1.165, 1.54) is 25.9 Å². The number of piperidine rings is 1. The van der Waals surface area contributed by atoms with Crippen molar-refractivity contribution >= 4 is 9.39 Å². The van der Waals surface area contributed by atoms with E-state index in [1.807, 2.05) is 0 Å². The lowest BCUT2D eigenvalue weighted by molar-refractivity contribution is 0.301. The maximum Gasteiger partial charge on any atom is 0.00419 e. The first-order valence-electron chi connectivity index (χ1n) is 3.28. The Morgan fingerprint density at radius 2 is 2.38 bits per heavy atom. The monoisotopic (exact) mass is 131 g/mol. The van der Waals surface area contributed by atoms with Crippen molar-refractivity contribution in [2.75, 3.05) is 13.1 Å². The molecule has 1 aliphatic heterocycles. The zero-order valence-electron chi connectivity index (χ0n) is 5.43. The highest BCUT2D eigenvalue weighted by Gasteiger charge is 2.11. The van der Waals surface area contributed by atoms with Gasteiger partial charge in [0.25, 0.3) is 0 Å². The fourth-order valence-corrected chi connectivity index (χ4v) is 1.77. The minimum atomic E-state index is 0.918. The molecule has 48 valence electrons. The third-order valence-electron chi connectivity index (χ3n) is 1.69. The first kappa shape index (κ1) is 6.51. The Bertz CT molecular complexity index is 66.9. The standard InChI is InChI=1S/C6H14NP/c1-6-3-2-4-7(8)5-6/h6H,2-5,8H2,1H3/t6-/m0/s1. The Morgan fingerprint density at radius 1 is 1.62 bits per heavy atom. The summed E-state index contributed by atoms with van der Waals surface area (Å²) in [5.41, 5.74) is 0. The lowest BCUT2D eigenvalue weighted by Crippen LogP contribution is -2.25. The van der Waals surface area contributed by atoms with Gasteiger partial charge in [-0.2, -0.15) is 0 Å². The Morgan fingerprint density at radius 3 is 2.75 bits per heavy atom. The van der Waals surface area contributed by atoms with E-state index in [4.69, 9.17) is 0 Å². The summed E-state index contributed by atoms with van der Waals surface area (Å²) in [7, 11) is 2.76. The Hall–Kier alpha value is 0.390. The van der Waals surface area contributed by atoms with Crippen molar-refractivity contribution in [2.45, 2.75) is 19.8 Å². The number of nitrogens with zero attached hydrogens (tertiary/aromatic N) is 1. The summed E-state index contributed by atoms with van der Waals surface area (Å²) < 4.78 is 2.33. The molecular weight excluding hydrogens is 117 g/mol. The lowest BCUT2D eigenvalue weighted by atomic mass is 10.0. The molecule has 0 N–H and O–H groups in total. The van der Waals surface area contributed by atoms with Crippen molar-refractivity contribution in [3.8, 4) is 0 Å². The third-order valence-corrected chi connectivity index (χ3v) is 2.16. The zero-order chi connectivity index (χ0) is 5.98. The molecule has 0 aromatic rings. The molecule has 0 spiro atoms. The van der Waals surface area contributed by atoms with Gasteiger partial charge in [-0.1, -0.05) is 16.3 Å². The molecule has 0 saturated carbocycles. The first-order valence-corrected chi connectivity index (χ1v) is 3.80. The van der Waals surface area contributed by atoms with E-state index in [1.54, 1.807) is 0 Å². The molecule has 1 aliphatic rings.